The zero-order valence-corrected chi connectivity index (χ0v) is 11.1. The van der Waals surface area contributed by atoms with Gasteiger partial charge in [-0.15, -0.1) is 0 Å². The summed E-state index contributed by atoms with van der Waals surface area (Å²) in [5.74, 6) is -0.321. The van der Waals surface area contributed by atoms with Gasteiger partial charge < -0.3 is 9.52 Å². The van der Waals surface area contributed by atoms with E-state index < -0.39 is 5.97 Å². The van der Waals surface area contributed by atoms with Crippen molar-refractivity contribution < 1.29 is 14.3 Å². The second-order valence-corrected chi connectivity index (χ2v) is 4.88. The number of halogens is 1. The predicted octanol–water partition coefficient (Wildman–Crippen LogP) is 2.96. The molecule has 5 heteroatoms. The van der Waals surface area contributed by atoms with Gasteiger partial charge in [-0.05, 0) is 24.6 Å². The number of aliphatic carboxylic acids is 1. The number of hydrogen-bond donors (Lipinski definition) is 1. The molecule has 0 amide bonds. The molecule has 0 unspecified atom stereocenters. The summed E-state index contributed by atoms with van der Waals surface area (Å²) in [5.41, 5.74) is 0.416. The van der Waals surface area contributed by atoms with Crippen molar-refractivity contribution in [3.63, 3.8) is 0 Å². The van der Waals surface area contributed by atoms with Crippen LogP contribution in [0.4, 0.5) is 0 Å². The molecular formula is C13H11BrO4. The molecule has 1 N–H and O–H groups in total. The molecule has 0 saturated carbocycles. The van der Waals surface area contributed by atoms with Gasteiger partial charge in [-0.2, -0.15) is 0 Å². The van der Waals surface area contributed by atoms with E-state index in [1.165, 1.54) is 6.07 Å². The van der Waals surface area contributed by atoms with Gasteiger partial charge in [0.15, 0.2) is 5.43 Å². The van der Waals surface area contributed by atoms with Crippen LogP contribution in [0.15, 0.2) is 37.9 Å². The van der Waals surface area contributed by atoms with Gasteiger partial charge >= 0.3 is 5.97 Å². The second-order valence-electron chi connectivity index (χ2n) is 3.96. The van der Waals surface area contributed by atoms with Crippen molar-refractivity contribution in [2.75, 3.05) is 0 Å². The Bertz CT molecular complexity index is 645. The van der Waals surface area contributed by atoms with Gasteiger partial charge in [-0.25, -0.2) is 0 Å². The highest BCUT2D eigenvalue weighted by atomic mass is 79.9. The lowest BCUT2D eigenvalue weighted by Gasteiger charge is -2.02. The lowest BCUT2D eigenvalue weighted by Crippen LogP contribution is -2.03. The molecule has 4 nitrogen and oxygen atoms in total. The average Bonchev–Trinajstić information content (AvgIpc) is 2.30. The van der Waals surface area contributed by atoms with Crippen LogP contribution >= 0.6 is 15.9 Å². The first-order valence-electron chi connectivity index (χ1n) is 5.50. The number of fused-ring (bicyclic) bond motifs is 1. The Balaban J connectivity index is 2.29. The summed E-state index contributed by atoms with van der Waals surface area (Å²) in [7, 11) is 0. The number of benzene rings is 1. The molecule has 0 bridgehead atoms. The lowest BCUT2D eigenvalue weighted by atomic mass is 10.1. The normalized spacial score (nSPS) is 10.7. The van der Waals surface area contributed by atoms with Crippen molar-refractivity contribution in [2.45, 2.75) is 19.3 Å². The van der Waals surface area contributed by atoms with E-state index in [2.05, 4.69) is 15.9 Å². The Kier molecular flexibility index (Phi) is 3.81. The smallest absolute Gasteiger partial charge is 0.303 e. The van der Waals surface area contributed by atoms with Crippen molar-refractivity contribution in [1.29, 1.82) is 0 Å². The Morgan fingerprint density at radius 3 is 2.83 bits per heavy atom. The van der Waals surface area contributed by atoms with Crippen LogP contribution in [0.25, 0.3) is 11.0 Å². The molecule has 94 valence electrons. The molecular weight excluding hydrogens is 300 g/mol. The third-order valence-corrected chi connectivity index (χ3v) is 3.05. The van der Waals surface area contributed by atoms with E-state index in [0.717, 1.165) is 4.47 Å². The molecule has 0 aliphatic rings. The van der Waals surface area contributed by atoms with Gasteiger partial charge in [0, 0.05) is 23.4 Å². The maximum absolute atomic E-state index is 11.9. The first kappa shape index (κ1) is 12.8. The minimum absolute atomic E-state index is 0.0715. The van der Waals surface area contributed by atoms with Gasteiger partial charge in [-0.3, -0.25) is 9.59 Å². The third-order valence-electron chi connectivity index (χ3n) is 2.55. The number of aryl methyl sites for hydroxylation is 1. The number of carboxylic acids is 1. The largest absolute Gasteiger partial charge is 0.481 e. The standard InChI is InChI=1S/C13H11BrO4/c14-8-4-5-12-10(6-8)11(15)7-9(18-12)2-1-3-13(16)17/h4-7H,1-3H2,(H,16,17). The van der Waals surface area contributed by atoms with Crippen molar-refractivity contribution >= 4 is 32.9 Å². The molecule has 2 rings (SSSR count). The highest BCUT2D eigenvalue weighted by Gasteiger charge is 2.06. The summed E-state index contributed by atoms with van der Waals surface area (Å²) in [6.45, 7) is 0. The Labute approximate surface area is 111 Å². The van der Waals surface area contributed by atoms with Crippen molar-refractivity contribution in [2.24, 2.45) is 0 Å². The molecule has 18 heavy (non-hydrogen) atoms. The number of hydrogen-bond acceptors (Lipinski definition) is 3. The highest BCUT2D eigenvalue weighted by molar-refractivity contribution is 9.10. The molecule has 1 aromatic carbocycles. The van der Waals surface area contributed by atoms with Crippen LogP contribution in [0.5, 0.6) is 0 Å². The van der Waals surface area contributed by atoms with E-state index >= 15 is 0 Å². The number of rotatable bonds is 4. The summed E-state index contributed by atoms with van der Waals surface area (Å²) in [6.07, 6.45) is 0.982. The number of carbonyl (C=O) groups is 1. The van der Waals surface area contributed by atoms with Crippen LogP contribution in [-0.4, -0.2) is 11.1 Å². The van der Waals surface area contributed by atoms with E-state index in [1.807, 2.05) is 0 Å². The summed E-state index contributed by atoms with van der Waals surface area (Å²) < 4.78 is 6.39. The minimum Gasteiger partial charge on any atom is -0.481 e. The topological polar surface area (TPSA) is 67.5 Å². The van der Waals surface area contributed by atoms with E-state index in [4.69, 9.17) is 9.52 Å². The van der Waals surface area contributed by atoms with Crippen LogP contribution < -0.4 is 5.43 Å². The van der Waals surface area contributed by atoms with Crippen molar-refractivity contribution in [3.05, 3.63) is 44.7 Å². The Morgan fingerprint density at radius 2 is 2.11 bits per heavy atom. The maximum atomic E-state index is 11.9. The van der Waals surface area contributed by atoms with Gasteiger partial charge in [0.05, 0.1) is 5.39 Å². The highest BCUT2D eigenvalue weighted by Crippen LogP contribution is 2.18. The van der Waals surface area contributed by atoms with Crippen molar-refractivity contribution in [1.82, 2.24) is 0 Å². The maximum Gasteiger partial charge on any atom is 0.303 e. The first-order chi connectivity index (χ1) is 8.56. The molecule has 1 heterocycles. The fraction of sp³-hybridized carbons (Fsp3) is 0.231. The van der Waals surface area contributed by atoms with Gasteiger partial charge in [0.1, 0.15) is 11.3 Å². The second kappa shape index (κ2) is 5.35. The number of carboxylic acid groups (broad SMARTS) is 1. The van der Waals surface area contributed by atoms with Gasteiger partial charge in [0.25, 0.3) is 0 Å². The quantitative estimate of drug-likeness (QED) is 0.942. The van der Waals surface area contributed by atoms with Crippen LogP contribution in [0.3, 0.4) is 0 Å². The minimum atomic E-state index is -0.845. The third kappa shape index (κ3) is 2.98. The molecule has 0 saturated heterocycles. The molecule has 0 radical (unpaired) electrons. The zero-order valence-electron chi connectivity index (χ0n) is 9.48. The Morgan fingerprint density at radius 1 is 1.33 bits per heavy atom. The molecule has 0 aliphatic carbocycles. The summed E-state index contributed by atoms with van der Waals surface area (Å²) in [6, 6.07) is 6.66. The molecule has 0 atom stereocenters. The van der Waals surface area contributed by atoms with E-state index in [9.17, 15) is 9.59 Å². The molecule has 0 fully saturated rings. The van der Waals surface area contributed by atoms with E-state index in [1.54, 1.807) is 18.2 Å². The Hall–Kier alpha value is -1.62. The zero-order chi connectivity index (χ0) is 13.1. The van der Waals surface area contributed by atoms with Gasteiger partial charge in [-0.1, -0.05) is 15.9 Å². The molecule has 1 aromatic heterocycles. The van der Waals surface area contributed by atoms with Crippen LogP contribution in [-0.2, 0) is 11.2 Å². The summed E-state index contributed by atoms with van der Waals surface area (Å²) >= 11 is 3.30. The molecule has 2 aromatic rings. The van der Waals surface area contributed by atoms with E-state index in [-0.39, 0.29) is 11.8 Å². The summed E-state index contributed by atoms with van der Waals surface area (Å²) in [5, 5.41) is 9.07. The monoisotopic (exact) mass is 310 g/mol. The molecule has 0 spiro atoms. The van der Waals surface area contributed by atoms with E-state index in [0.29, 0.717) is 29.6 Å². The molecule has 0 aliphatic heterocycles. The average molecular weight is 311 g/mol. The fourth-order valence-corrected chi connectivity index (χ4v) is 2.08. The first-order valence-corrected chi connectivity index (χ1v) is 6.29. The SMILES string of the molecule is O=C(O)CCCc1cc(=O)c2cc(Br)ccc2o1. The van der Waals surface area contributed by atoms with Gasteiger partial charge in [0.2, 0.25) is 0 Å². The van der Waals surface area contributed by atoms with Crippen LogP contribution in [0.2, 0.25) is 0 Å². The van der Waals surface area contributed by atoms with Crippen LogP contribution in [0, 0.1) is 0 Å². The van der Waals surface area contributed by atoms with Crippen LogP contribution in [0.1, 0.15) is 18.6 Å². The van der Waals surface area contributed by atoms with Crippen molar-refractivity contribution in [3.8, 4) is 0 Å². The lowest BCUT2D eigenvalue weighted by molar-refractivity contribution is -0.137. The summed E-state index contributed by atoms with van der Waals surface area (Å²) in [4.78, 5) is 22.3. The predicted molar refractivity (Wildman–Crippen MR) is 70.8 cm³/mol. The fourth-order valence-electron chi connectivity index (χ4n) is 1.72.